The Kier molecular flexibility index (Phi) is 9.32. The van der Waals surface area contributed by atoms with Crippen LogP contribution in [0.15, 0.2) is 48.7 Å². The molecule has 0 unspecified atom stereocenters. The highest BCUT2D eigenvalue weighted by molar-refractivity contribution is 5.97. The van der Waals surface area contributed by atoms with E-state index in [1.54, 1.807) is 14.5 Å². The van der Waals surface area contributed by atoms with Crippen molar-refractivity contribution in [1.29, 1.82) is 0 Å². The van der Waals surface area contributed by atoms with E-state index in [0.717, 1.165) is 39.5 Å². The van der Waals surface area contributed by atoms with Crippen molar-refractivity contribution in [2.75, 3.05) is 33.2 Å². The van der Waals surface area contributed by atoms with Gasteiger partial charge in [0.1, 0.15) is 11.3 Å². The molecule has 47 heavy (non-hydrogen) atoms. The first-order valence-corrected chi connectivity index (χ1v) is 16.2. The zero-order chi connectivity index (χ0) is 34.3. The Morgan fingerprint density at radius 2 is 1.60 bits per heavy atom. The van der Waals surface area contributed by atoms with Crippen LogP contribution in [0.2, 0.25) is 0 Å². The predicted molar refractivity (Wildman–Crippen MR) is 182 cm³/mol. The summed E-state index contributed by atoms with van der Waals surface area (Å²) in [5.74, 6) is -0.114. The Morgan fingerprint density at radius 3 is 2.26 bits per heavy atom. The van der Waals surface area contributed by atoms with Crippen LogP contribution >= 0.6 is 0 Å². The van der Waals surface area contributed by atoms with Crippen LogP contribution in [0.1, 0.15) is 78.7 Å². The van der Waals surface area contributed by atoms with Crippen molar-refractivity contribution in [2.24, 2.45) is 0 Å². The molecule has 3 heterocycles. The van der Waals surface area contributed by atoms with Gasteiger partial charge in [0.05, 0.1) is 34.4 Å². The lowest BCUT2D eigenvalue weighted by molar-refractivity contribution is 0.000660. The van der Waals surface area contributed by atoms with E-state index in [0.29, 0.717) is 44.0 Å². The Labute approximate surface area is 278 Å². The van der Waals surface area contributed by atoms with Crippen molar-refractivity contribution in [3.05, 3.63) is 88.0 Å². The second-order valence-corrected chi connectivity index (χ2v) is 14.1. The predicted octanol–water partition coefficient (Wildman–Crippen LogP) is 5.75. The number of carbonyl (C=O) groups excluding carboxylic acids is 2. The lowest BCUT2D eigenvalue weighted by Crippen LogP contribution is -2.55. The molecule has 0 saturated carbocycles. The summed E-state index contributed by atoms with van der Waals surface area (Å²) in [5, 5.41) is 13.9. The van der Waals surface area contributed by atoms with E-state index in [1.807, 2.05) is 89.8 Å². The molecule has 2 aromatic carbocycles. The van der Waals surface area contributed by atoms with Gasteiger partial charge in [0, 0.05) is 51.0 Å². The minimum atomic E-state index is -0.528. The Bertz CT molecular complexity index is 1770. The number of amides is 2. The fourth-order valence-corrected chi connectivity index (χ4v) is 6.06. The molecule has 0 atom stereocenters. The standard InChI is InChI=1S/C36H48N8O3/c1-24-15-16-28(33(45)40(10)22-29-26(3)38-44(27(29)4)30-14-12-11-13-25(30)2)31(21-24)43-23-32(37-39-43)36(8,9)42-19-17-41(18-20-42)34(46)47-35(5,6)7/h11-16,21,23H,17-20,22H2,1-10H3. The summed E-state index contributed by atoms with van der Waals surface area (Å²) in [6.07, 6.45) is 1.62. The minimum absolute atomic E-state index is 0.114. The van der Waals surface area contributed by atoms with E-state index in [9.17, 15) is 9.59 Å². The van der Waals surface area contributed by atoms with Crippen LogP contribution in [0.25, 0.3) is 11.4 Å². The maximum absolute atomic E-state index is 14.0. The SMILES string of the molecule is Cc1ccc(C(=O)N(C)Cc2c(C)nn(-c3ccccc3C)c2C)c(-n2cc(C(C)(C)N3CCN(C(=O)OC(C)(C)C)CC3)nn2)c1. The number of nitrogens with zero attached hydrogens (tertiary/aromatic N) is 8. The van der Waals surface area contributed by atoms with E-state index in [-0.39, 0.29) is 12.0 Å². The molecule has 4 aromatic rings. The van der Waals surface area contributed by atoms with Crippen LogP contribution < -0.4 is 0 Å². The van der Waals surface area contributed by atoms with Gasteiger partial charge in [-0.15, -0.1) is 5.10 Å². The number of hydrogen-bond acceptors (Lipinski definition) is 7. The molecule has 2 aromatic heterocycles. The molecule has 0 spiro atoms. The number of aromatic nitrogens is 5. The summed E-state index contributed by atoms with van der Waals surface area (Å²) in [5.41, 5.74) is 7.13. The number of rotatable bonds is 7. The molecular weight excluding hydrogens is 592 g/mol. The second kappa shape index (κ2) is 12.9. The zero-order valence-corrected chi connectivity index (χ0v) is 29.5. The third kappa shape index (κ3) is 7.10. The summed E-state index contributed by atoms with van der Waals surface area (Å²) in [4.78, 5) is 32.4. The van der Waals surface area contributed by atoms with Crippen LogP contribution in [-0.2, 0) is 16.8 Å². The highest BCUT2D eigenvalue weighted by atomic mass is 16.6. The first kappa shape index (κ1) is 33.8. The number of para-hydroxylation sites is 1. The molecule has 1 fully saturated rings. The summed E-state index contributed by atoms with van der Waals surface area (Å²) in [7, 11) is 1.82. The highest BCUT2D eigenvalue weighted by Gasteiger charge is 2.36. The molecule has 11 nitrogen and oxygen atoms in total. The number of aryl methyl sites for hydroxylation is 3. The number of ether oxygens (including phenoxy) is 1. The number of hydrogen-bond donors (Lipinski definition) is 0. The van der Waals surface area contributed by atoms with Crippen molar-refractivity contribution >= 4 is 12.0 Å². The van der Waals surface area contributed by atoms with Gasteiger partial charge in [-0.25, -0.2) is 14.2 Å². The molecule has 5 rings (SSSR count). The number of carbonyl (C=O) groups is 2. The molecule has 0 N–H and O–H groups in total. The lowest BCUT2D eigenvalue weighted by atomic mass is 9.97. The summed E-state index contributed by atoms with van der Waals surface area (Å²) >= 11 is 0. The van der Waals surface area contributed by atoms with Gasteiger partial charge in [-0.2, -0.15) is 5.10 Å². The van der Waals surface area contributed by atoms with Gasteiger partial charge in [0.25, 0.3) is 5.91 Å². The zero-order valence-electron chi connectivity index (χ0n) is 29.5. The van der Waals surface area contributed by atoms with E-state index >= 15 is 0 Å². The molecule has 0 radical (unpaired) electrons. The molecule has 11 heteroatoms. The molecule has 1 saturated heterocycles. The van der Waals surface area contributed by atoms with Crippen LogP contribution in [0, 0.1) is 27.7 Å². The van der Waals surface area contributed by atoms with E-state index in [1.165, 1.54) is 0 Å². The topological polar surface area (TPSA) is 102 Å². The van der Waals surface area contributed by atoms with Gasteiger partial charge in [-0.3, -0.25) is 9.69 Å². The van der Waals surface area contributed by atoms with Gasteiger partial charge in [0.2, 0.25) is 0 Å². The third-order valence-electron chi connectivity index (χ3n) is 9.00. The molecule has 1 aliphatic rings. The fourth-order valence-electron chi connectivity index (χ4n) is 6.06. The van der Waals surface area contributed by atoms with E-state index in [2.05, 4.69) is 48.1 Å². The Hall–Kier alpha value is -4.51. The molecule has 0 bridgehead atoms. The van der Waals surface area contributed by atoms with Gasteiger partial charge in [-0.1, -0.05) is 29.5 Å². The van der Waals surface area contributed by atoms with Gasteiger partial charge in [-0.05, 0) is 91.6 Å². The first-order valence-electron chi connectivity index (χ1n) is 16.2. The minimum Gasteiger partial charge on any atom is -0.444 e. The maximum Gasteiger partial charge on any atom is 0.410 e. The average Bonchev–Trinajstić information content (AvgIpc) is 3.62. The maximum atomic E-state index is 14.0. The van der Waals surface area contributed by atoms with Crippen LogP contribution in [0.3, 0.4) is 0 Å². The average molecular weight is 641 g/mol. The summed E-state index contributed by atoms with van der Waals surface area (Å²) < 4.78 is 9.24. The quantitative estimate of drug-likeness (QED) is 0.254. The monoisotopic (exact) mass is 640 g/mol. The van der Waals surface area contributed by atoms with Crippen molar-refractivity contribution < 1.29 is 14.3 Å². The van der Waals surface area contributed by atoms with Gasteiger partial charge < -0.3 is 14.5 Å². The van der Waals surface area contributed by atoms with Crippen LogP contribution in [0.4, 0.5) is 4.79 Å². The smallest absolute Gasteiger partial charge is 0.410 e. The first-order chi connectivity index (χ1) is 22.1. The van der Waals surface area contributed by atoms with Crippen molar-refractivity contribution in [1.82, 2.24) is 39.5 Å². The van der Waals surface area contributed by atoms with Crippen molar-refractivity contribution in [3.8, 4) is 11.4 Å². The second-order valence-electron chi connectivity index (χ2n) is 14.1. The fraction of sp³-hybridized carbons (Fsp3) is 0.472. The summed E-state index contributed by atoms with van der Waals surface area (Å²) in [6.45, 7) is 20.9. The number of benzene rings is 2. The number of piperazine rings is 1. The van der Waals surface area contributed by atoms with E-state index in [4.69, 9.17) is 9.84 Å². The highest BCUT2D eigenvalue weighted by Crippen LogP contribution is 2.29. The molecular formula is C36H48N8O3. The molecule has 250 valence electrons. The van der Waals surface area contributed by atoms with Crippen LogP contribution in [0.5, 0.6) is 0 Å². The van der Waals surface area contributed by atoms with Crippen LogP contribution in [-0.4, -0.2) is 90.3 Å². The van der Waals surface area contributed by atoms with Gasteiger partial charge >= 0.3 is 6.09 Å². The van der Waals surface area contributed by atoms with Crippen molar-refractivity contribution in [2.45, 2.75) is 80.0 Å². The van der Waals surface area contributed by atoms with E-state index < -0.39 is 11.1 Å². The Balaban J connectivity index is 1.34. The largest absolute Gasteiger partial charge is 0.444 e. The lowest BCUT2D eigenvalue weighted by Gasteiger charge is -2.43. The van der Waals surface area contributed by atoms with Crippen molar-refractivity contribution in [3.63, 3.8) is 0 Å². The molecule has 1 aliphatic heterocycles. The molecule has 0 aliphatic carbocycles. The Morgan fingerprint density at radius 1 is 0.915 bits per heavy atom. The third-order valence-corrected chi connectivity index (χ3v) is 9.00. The summed E-state index contributed by atoms with van der Waals surface area (Å²) in [6, 6.07) is 13.9. The normalized spacial score (nSPS) is 14.4. The molecule has 2 amide bonds. The van der Waals surface area contributed by atoms with Gasteiger partial charge in [0.15, 0.2) is 0 Å².